The summed E-state index contributed by atoms with van der Waals surface area (Å²) >= 11 is 5.29. The third-order valence-corrected chi connectivity index (χ3v) is 6.15. The first-order valence-electron chi connectivity index (χ1n) is 10.4. The highest BCUT2D eigenvalue weighted by molar-refractivity contribution is 7.80. The number of amides is 1. The summed E-state index contributed by atoms with van der Waals surface area (Å²) in [5.41, 5.74) is -2.13. The Morgan fingerprint density at radius 2 is 1.76 bits per heavy atom. The van der Waals surface area contributed by atoms with E-state index in [4.69, 9.17) is 22.3 Å². The molecule has 0 aliphatic carbocycles. The van der Waals surface area contributed by atoms with Crippen molar-refractivity contribution in [3.8, 4) is 11.8 Å². The molecule has 0 saturated carbocycles. The Morgan fingerprint density at radius 3 is 2.36 bits per heavy atom. The Kier molecular flexibility index (Phi) is 6.03. The van der Waals surface area contributed by atoms with E-state index in [9.17, 15) is 18.0 Å². The van der Waals surface area contributed by atoms with Crippen LogP contribution < -0.4 is 9.74 Å². The fourth-order valence-corrected chi connectivity index (χ4v) is 4.40. The first kappa shape index (κ1) is 23.0. The van der Waals surface area contributed by atoms with Crippen LogP contribution in [-0.4, -0.2) is 39.6 Å². The molecule has 2 fully saturated rings. The Labute approximate surface area is 194 Å². The van der Waals surface area contributed by atoms with E-state index in [1.807, 2.05) is 12.1 Å². The average molecular weight is 475 g/mol. The zero-order valence-electron chi connectivity index (χ0n) is 18.1. The molecule has 172 valence electrons. The van der Waals surface area contributed by atoms with Crippen LogP contribution in [0.1, 0.15) is 37.8 Å². The van der Waals surface area contributed by atoms with Crippen LogP contribution in [0.5, 0.6) is 5.75 Å². The van der Waals surface area contributed by atoms with Crippen molar-refractivity contribution in [2.75, 3.05) is 18.0 Å². The minimum atomic E-state index is -1.67. The minimum Gasteiger partial charge on any atom is -0.376 e. The van der Waals surface area contributed by atoms with E-state index in [1.165, 1.54) is 32.8 Å². The molecule has 1 amide bonds. The number of hydrogen-bond donors (Lipinski definition) is 0. The van der Waals surface area contributed by atoms with Crippen molar-refractivity contribution >= 4 is 28.9 Å². The van der Waals surface area contributed by atoms with Gasteiger partial charge in [0.05, 0.1) is 5.56 Å². The minimum absolute atomic E-state index is 0.354. The first-order valence-corrected chi connectivity index (χ1v) is 10.8. The fourth-order valence-electron chi connectivity index (χ4n) is 3.96. The van der Waals surface area contributed by atoms with Gasteiger partial charge in [-0.3, -0.25) is 9.69 Å². The van der Waals surface area contributed by atoms with E-state index in [1.54, 1.807) is 12.1 Å². The summed E-state index contributed by atoms with van der Waals surface area (Å²) in [6.07, 6.45) is 2.38. The number of halogens is 3. The Hall–Kier alpha value is -3.16. The molecule has 6 nitrogen and oxygen atoms in total. The maximum Gasteiger partial charge on any atom is 0.262 e. The van der Waals surface area contributed by atoms with Crippen molar-refractivity contribution in [2.45, 2.75) is 38.8 Å². The molecule has 2 aromatic rings. The number of carbonyl (C=O) groups excluding carboxylic acids is 1. The Balaban J connectivity index is 1.60. The molecule has 0 bridgehead atoms. The molecule has 0 N–H and O–H groups in total. The molecule has 0 atom stereocenters. The van der Waals surface area contributed by atoms with Crippen molar-refractivity contribution < 1.29 is 22.8 Å². The van der Waals surface area contributed by atoms with Gasteiger partial charge >= 0.3 is 0 Å². The van der Waals surface area contributed by atoms with Gasteiger partial charge in [0.25, 0.3) is 5.91 Å². The zero-order valence-corrected chi connectivity index (χ0v) is 18.9. The molecule has 4 rings (SSSR count). The quantitative estimate of drug-likeness (QED) is 0.476. The lowest BCUT2D eigenvalue weighted by atomic mass is 10.1. The molecule has 10 heteroatoms. The van der Waals surface area contributed by atoms with Crippen LogP contribution in [-0.2, 0) is 11.3 Å². The second-order valence-electron chi connectivity index (χ2n) is 8.49. The number of anilines is 1. The second-order valence-corrected chi connectivity index (χ2v) is 8.85. The van der Waals surface area contributed by atoms with Crippen molar-refractivity contribution in [1.82, 2.24) is 9.96 Å². The van der Waals surface area contributed by atoms with E-state index in [0.29, 0.717) is 16.7 Å². The van der Waals surface area contributed by atoms with Crippen molar-refractivity contribution in [3.63, 3.8) is 0 Å². The summed E-state index contributed by atoms with van der Waals surface area (Å²) in [5, 5.41) is 9.57. The first-order chi connectivity index (χ1) is 15.6. The molecule has 2 aromatic carbocycles. The van der Waals surface area contributed by atoms with Gasteiger partial charge in [0.2, 0.25) is 5.11 Å². The number of nitrogens with zero attached hydrogens (tertiary/aromatic N) is 4. The Bertz CT molecular complexity index is 1160. The SMILES string of the molecule is CC1(C)C(=O)N(c2c(F)cc(C#N)c(F)c2F)C(=S)N1Oc1ccc(CN2CCCC2)cc1. The van der Waals surface area contributed by atoms with Gasteiger partial charge in [0, 0.05) is 6.54 Å². The van der Waals surface area contributed by atoms with Gasteiger partial charge in [0.1, 0.15) is 11.8 Å². The monoisotopic (exact) mass is 474 g/mol. The number of rotatable bonds is 5. The molecule has 2 heterocycles. The van der Waals surface area contributed by atoms with Crippen LogP contribution >= 0.6 is 12.2 Å². The van der Waals surface area contributed by atoms with E-state index in [0.717, 1.165) is 30.3 Å². The van der Waals surface area contributed by atoms with Gasteiger partial charge in [0.15, 0.2) is 28.7 Å². The predicted molar refractivity (Wildman–Crippen MR) is 119 cm³/mol. The van der Waals surface area contributed by atoms with Gasteiger partial charge in [-0.1, -0.05) is 12.1 Å². The van der Waals surface area contributed by atoms with Gasteiger partial charge in [-0.25, -0.2) is 18.1 Å². The number of hydrogen-bond acceptors (Lipinski definition) is 5. The third-order valence-electron chi connectivity index (χ3n) is 5.80. The maximum absolute atomic E-state index is 14.6. The summed E-state index contributed by atoms with van der Waals surface area (Å²) in [4.78, 5) is 21.8. The molecule has 33 heavy (non-hydrogen) atoms. The molecule has 0 aromatic heterocycles. The van der Waals surface area contributed by atoms with E-state index in [-0.39, 0.29) is 5.11 Å². The number of benzene rings is 2. The van der Waals surface area contributed by atoms with Crippen molar-refractivity contribution in [2.24, 2.45) is 0 Å². The summed E-state index contributed by atoms with van der Waals surface area (Å²) < 4.78 is 43.4. The largest absolute Gasteiger partial charge is 0.376 e. The molecular weight excluding hydrogens is 453 g/mol. The summed E-state index contributed by atoms with van der Waals surface area (Å²) in [7, 11) is 0. The second kappa shape index (κ2) is 8.65. The average Bonchev–Trinajstić information content (AvgIpc) is 3.35. The van der Waals surface area contributed by atoms with Crippen LogP contribution in [0.4, 0.5) is 18.9 Å². The van der Waals surface area contributed by atoms with Gasteiger partial charge in [-0.15, -0.1) is 0 Å². The van der Waals surface area contributed by atoms with Crippen molar-refractivity contribution in [1.29, 1.82) is 5.26 Å². The lowest BCUT2D eigenvalue weighted by Gasteiger charge is -2.28. The van der Waals surface area contributed by atoms with E-state index < -0.39 is 40.1 Å². The number of nitriles is 1. The molecule has 0 radical (unpaired) electrons. The number of carbonyl (C=O) groups is 1. The highest BCUT2D eigenvalue weighted by Gasteiger charge is 2.53. The van der Waals surface area contributed by atoms with Crippen LogP contribution in [0, 0.1) is 28.8 Å². The molecule has 0 spiro atoms. The van der Waals surface area contributed by atoms with E-state index >= 15 is 0 Å². The molecular formula is C23H21F3N4O2S. The highest BCUT2D eigenvalue weighted by Crippen LogP contribution is 2.37. The van der Waals surface area contributed by atoms with E-state index in [2.05, 4.69) is 4.90 Å². The number of likely N-dealkylation sites (tertiary alicyclic amines) is 1. The summed E-state index contributed by atoms with van der Waals surface area (Å²) in [6, 6.07) is 9.14. The summed E-state index contributed by atoms with van der Waals surface area (Å²) in [5.74, 6) is -4.95. The zero-order chi connectivity index (χ0) is 23.9. The smallest absolute Gasteiger partial charge is 0.262 e. The topological polar surface area (TPSA) is 59.8 Å². The third kappa shape index (κ3) is 4.03. The fraction of sp³-hybridized carbons (Fsp3) is 0.348. The standard InChI is InChI=1S/C23H21F3N4O2S/c1-23(2)21(31)29(20-17(24)11-15(12-27)18(25)19(20)26)22(33)30(23)32-16-7-5-14(6-8-16)13-28-9-3-4-10-28/h5-8,11H,3-4,9-10,13H2,1-2H3. The maximum atomic E-state index is 14.6. The number of thiocarbonyl (C=S) groups is 1. The lowest BCUT2D eigenvalue weighted by molar-refractivity contribution is -0.132. The Morgan fingerprint density at radius 1 is 1.12 bits per heavy atom. The predicted octanol–water partition coefficient (Wildman–Crippen LogP) is 4.28. The highest BCUT2D eigenvalue weighted by atomic mass is 32.1. The molecule has 2 aliphatic heterocycles. The molecule has 0 unspecified atom stereocenters. The van der Waals surface area contributed by atoms with Crippen LogP contribution in [0.25, 0.3) is 0 Å². The molecule has 2 saturated heterocycles. The summed E-state index contributed by atoms with van der Waals surface area (Å²) in [6.45, 7) is 5.90. The van der Waals surface area contributed by atoms with Crippen LogP contribution in [0.15, 0.2) is 30.3 Å². The van der Waals surface area contributed by atoms with Crippen molar-refractivity contribution in [3.05, 3.63) is 58.9 Å². The van der Waals surface area contributed by atoms with Gasteiger partial charge in [-0.05, 0) is 75.8 Å². The van der Waals surface area contributed by atoms with Crippen LogP contribution in [0.2, 0.25) is 0 Å². The molecule has 2 aliphatic rings. The van der Waals surface area contributed by atoms with Gasteiger partial charge < -0.3 is 4.84 Å². The van der Waals surface area contributed by atoms with Crippen LogP contribution in [0.3, 0.4) is 0 Å². The normalized spacial score (nSPS) is 18.2. The number of hydroxylamine groups is 2. The lowest BCUT2D eigenvalue weighted by Crippen LogP contribution is -2.46. The van der Waals surface area contributed by atoms with Gasteiger partial charge in [-0.2, -0.15) is 10.3 Å².